The number of carbonyl (C=O) groups excluding carboxylic acids is 1. The number of ketones is 1. The molecule has 0 aromatic heterocycles. The summed E-state index contributed by atoms with van der Waals surface area (Å²) < 4.78 is 0. The predicted octanol–water partition coefficient (Wildman–Crippen LogP) is 4.59. The first-order chi connectivity index (χ1) is 10.4. The lowest BCUT2D eigenvalue weighted by Gasteiger charge is -2.12. The fraction of sp³-hybridized carbons (Fsp3) is 0.0667. The topological polar surface area (TPSA) is 67.2 Å². The Morgan fingerprint density at radius 3 is 2.05 bits per heavy atom. The monoisotopic (exact) mass is 353 g/mol. The molecular weight excluding hydrogens is 341 g/mol. The summed E-state index contributed by atoms with van der Waals surface area (Å²) in [5.74, 6) is 0.0124. The van der Waals surface area contributed by atoms with Gasteiger partial charge < -0.3 is 16.4 Å². The predicted molar refractivity (Wildman–Crippen MR) is 97.2 cm³/mol. The van der Waals surface area contributed by atoms with Crippen LogP contribution >= 0.6 is 35.4 Å². The second-order valence-corrected chi connectivity index (χ2v) is 5.79. The van der Waals surface area contributed by atoms with E-state index in [2.05, 4.69) is 10.6 Å². The van der Waals surface area contributed by atoms with E-state index in [9.17, 15) is 4.79 Å². The molecule has 22 heavy (non-hydrogen) atoms. The van der Waals surface area contributed by atoms with Gasteiger partial charge in [0, 0.05) is 16.9 Å². The summed E-state index contributed by atoms with van der Waals surface area (Å²) in [5.41, 5.74) is 8.03. The van der Waals surface area contributed by atoms with Crippen LogP contribution in [0.5, 0.6) is 0 Å². The quantitative estimate of drug-likeness (QED) is 0.427. The molecule has 0 spiro atoms. The van der Waals surface area contributed by atoms with E-state index in [0.717, 1.165) is 5.69 Å². The SMILES string of the molecule is CC(=O)c1ccc(NC(=S)Nc2cc(Cl)c(N)c(Cl)c2)cc1. The molecule has 0 heterocycles. The molecule has 114 valence electrons. The molecule has 7 heteroatoms. The van der Waals surface area contributed by atoms with Gasteiger partial charge in [-0.15, -0.1) is 0 Å². The average Bonchev–Trinajstić information content (AvgIpc) is 2.45. The molecule has 0 radical (unpaired) electrons. The number of nitrogens with two attached hydrogens (primary N) is 1. The van der Waals surface area contributed by atoms with Crippen molar-refractivity contribution in [2.45, 2.75) is 6.92 Å². The van der Waals surface area contributed by atoms with E-state index < -0.39 is 0 Å². The Morgan fingerprint density at radius 1 is 1.05 bits per heavy atom. The van der Waals surface area contributed by atoms with Gasteiger partial charge in [0.25, 0.3) is 0 Å². The van der Waals surface area contributed by atoms with Crippen molar-refractivity contribution in [1.29, 1.82) is 0 Å². The van der Waals surface area contributed by atoms with Crippen LogP contribution in [0.1, 0.15) is 17.3 Å². The number of halogens is 2. The third kappa shape index (κ3) is 4.10. The van der Waals surface area contributed by atoms with Crippen LogP contribution in [0.2, 0.25) is 10.0 Å². The third-order valence-corrected chi connectivity index (χ3v) is 3.72. The maximum absolute atomic E-state index is 11.2. The first kappa shape index (κ1) is 16.5. The number of anilines is 3. The molecule has 4 nitrogen and oxygen atoms in total. The highest BCUT2D eigenvalue weighted by Gasteiger charge is 2.06. The number of rotatable bonds is 3. The van der Waals surface area contributed by atoms with Crippen LogP contribution in [0.4, 0.5) is 17.1 Å². The maximum Gasteiger partial charge on any atom is 0.175 e. The van der Waals surface area contributed by atoms with Gasteiger partial charge in [-0.2, -0.15) is 0 Å². The van der Waals surface area contributed by atoms with E-state index in [4.69, 9.17) is 41.2 Å². The maximum atomic E-state index is 11.2. The largest absolute Gasteiger partial charge is 0.396 e. The van der Waals surface area contributed by atoms with Crippen molar-refractivity contribution in [3.8, 4) is 0 Å². The van der Waals surface area contributed by atoms with Crippen LogP contribution in [0.25, 0.3) is 0 Å². The van der Waals surface area contributed by atoms with Crippen molar-refractivity contribution in [3.63, 3.8) is 0 Å². The number of benzene rings is 2. The Hall–Kier alpha value is -1.82. The Bertz CT molecular complexity index is 709. The molecule has 0 amide bonds. The van der Waals surface area contributed by atoms with Crippen LogP contribution < -0.4 is 16.4 Å². The Labute approximate surface area is 143 Å². The molecule has 0 bridgehead atoms. The summed E-state index contributed by atoms with van der Waals surface area (Å²) in [6, 6.07) is 10.3. The highest BCUT2D eigenvalue weighted by atomic mass is 35.5. The van der Waals surface area contributed by atoms with Crippen molar-refractivity contribution in [1.82, 2.24) is 0 Å². The zero-order valence-electron chi connectivity index (χ0n) is 11.6. The lowest BCUT2D eigenvalue weighted by atomic mass is 10.1. The molecule has 0 aliphatic rings. The van der Waals surface area contributed by atoms with Gasteiger partial charge in [-0.25, -0.2) is 0 Å². The van der Waals surface area contributed by atoms with Gasteiger partial charge in [-0.3, -0.25) is 4.79 Å². The van der Waals surface area contributed by atoms with Crippen LogP contribution in [0, 0.1) is 0 Å². The van der Waals surface area contributed by atoms with Gasteiger partial charge in [0.15, 0.2) is 10.9 Å². The van der Waals surface area contributed by atoms with E-state index in [1.54, 1.807) is 36.4 Å². The van der Waals surface area contributed by atoms with Gasteiger partial charge >= 0.3 is 0 Å². The first-order valence-electron chi connectivity index (χ1n) is 6.30. The number of thiocarbonyl (C=S) groups is 1. The van der Waals surface area contributed by atoms with Gasteiger partial charge in [-0.05, 0) is 55.5 Å². The first-order valence-corrected chi connectivity index (χ1v) is 7.47. The minimum atomic E-state index is 0.0124. The summed E-state index contributed by atoms with van der Waals surface area (Å²) in [6.45, 7) is 1.52. The van der Waals surface area contributed by atoms with E-state index in [1.165, 1.54) is 6.92 Å². The van der Waals surface area contributed by atoms with Crippen LogP contribution in [0.15, 0.2) is 36.4 Å². The lowest BCUT2D eigenvalue weighted by Crippen LogP contribution is -2.19. The van der Waals surface area contributed by atoms with E-state index in [1.807, 2.05) is 0 Å². The molecule has 2 aromatic rings. The highest BCUT2D eigenvalue weighted by Crippen LogP contribution is 2.31. The van der Waals surface area contributed by atoms with E-state index in [0.29, 0.717) is 32.1 Å². The highest BCUT2D eigenvalue weighted by molar-refractivity contribution is 7.80. The smallest absolute Gasteiger partial charge is 0.175 e. The number of hydrogen-bond donors (Lipinski definition) is 3. The molecule has 4 N–H and O–H groups in total. The summed E-state index contributed by atoms with van der Waals surface area (Å²) in [4.78, 5) is 11.2. The molecule has 0 fully saturated rings. The lowest BCUT2D eigenvalue weighted by molar-refractivity contribution is 0.101. The number of Topliss-reactive ketones (excluding diaryl/α,β-unsaturated/α-hetero) is 1. The molecule has 2 rings (SSSR count). The molecule has 2 aromatic carbocycles. The van der Waals surface area contributed by atoms with E-state index in [-0.39, 0.29) is 5.78 Å². The van der Waals surface area contributed by atoms with Gasteiger partial charge in [0.2, 0.25) is 0 Å². The van der Waals surface area contributed by atoms with Crippen molar-refractivity contribution >= 4 is 63.4 Å². The van der Waals surface area contributed by atoms with Crippen LogP contribution in [-0.2, 0) is 0 Å². The minimum Gasteiger partial charge on any atom is -0.396 e. The standard InChI is InChI=1S/C15H13Cl2N3OS/c1-8(21)9-2-4-10(5-3-9)19-15(22)20-11-6-12(16)14(18)13(17)7-11/h2-7H,18H2,1H3,(H2,19,20,22). The summed E-state index contributed by atoms with van der Waals surface area (Å²) >= 11 is 17.1. The number of nitrogens with one attached hydrogen (secondary N) is 2. The van der Waals surface area contributed by atoms with Crippen molar-refractivity contribution < 1.29 is 4.79 Å². The third-order valence-electron chi connectivity index (χ3n) is 2.89. The van der Waals surface area contributed by atoms with E-state index >= 15 is 0 Å². The molecule has 0 saturated heterocycles. The molecule has 0 saturated carbocycles. The molecule has 0 unspecified atom stereocenters. The zero-order valence-corrected chi connectivity index (χ0v) is 13.9. The fourth-order valence-corrected chi connectivity index (χ4v) is 2.46. The minimum absolute atomic E-state index is 0.0124. The van der Waals surface area contributed by atoms with Gasteiger partial charge in [0.1, 0.15) is 0 Å². The van der Waals surface area contributed by atoms with Crippen LogP contribution in [0.3, 0.4) is 0 Å². The number of hydrogen-bond acceptors (Lipinski definition) is 3. The molecule has 0 atom stereocenters. The van der Waals surface area contributed by atoms with Crippen molar-refractivity contribution in [2.24, 2.45) is 0 Å². The normalized spacial score (nSPS) is 10.1. The van der Waals surface area contributed by atoms with Crippen molar-refractivity contribution in [2.75, 3.05) is 16.4 Å². The Morgan fingerprint density at radius 2 is 1.55 bits per heavy atom. The summed E-state index contributed by atoms with van der Waals surface area (Å²) in [7, 11) is 0. The molecule has 0 aliphatic carbocycles. The van der Waals surface area contributed by atoms with Gasteiger partial charge in [-0.1, -0.05) is 23.2 Å². The number of carbonyl (C=O) groups is 1. The fourth-order valence-electron chi connectivity index (χ4n) is 1.74. The Balaban J connectivity index is 2.05. The summed E-state index contributed by atoms with van der Waals surface area (Å²) in [5, 5.41) is 7.04. The summed E-state index contributed by atoms with van der Waals surface area (Å²) in [6.07, 6.45) is 0. The second-order valence-electron chi connectivity index (χ2n) is 4.57. The average molecular weight is 354 g/mol. The second kappa shape index (κ2) is 6.96. The number of nitrogen functional groups attached to an aromatic ring is 1. The van der Waals surface area contributed by atoms with Crippen molar-refractivity contribution in [3.05, 3.63) is 52.0 Å². The Kier molecular flexibility index (Phi) is 5.24. The zero-order chi connectivity index (χ0) is 16.3. The molecular formula is C15H13Cl2N3OS. The molecule has 0 aliphatic heterocycles. The van der Waals surface area contributed by atoms with Gasteiger partial charge in [0.05, 0.1) is 15.7 Å². The van der Waals surface area contributed by atoms with Crippen LogP contribution in [-0.4, -0.2) is 10.9 Å².